The molecule has 2 rings (SSSR count). The first kappa shape index (κ1) is 16.3. The third kappa shape index (κ3) is 3.57. The van der Waals surface area contributed by atoms with Crippen molar-refractivity contribution in [1.82, 2.24) is 4.98 Å². The van der Waals surface area contributed by atoms with Gasteiger partial charge in [-0.1, -0.05) is 33.6 Å². The average Bonchev–Trinajstić information content (AvgIpc) is 2.42. The highest BCUT2D eigenvalue weighted by atomic mass is 79.9. The molecule has 0 saturated carbocycles. The van der Waals surface area contributed by atoms with E-state index in [1.807, 2.05) is 38.2 Å². The SMILES string of the molecule is COc1c(C)cnc(CC(N)c2ccc(Br)cc2Cl)c1C. The predicted molar refractivity (Wildman–Crippen MR) is 90.0 cm³/mol. The molecule has 0 amide bonds. The number of nitrogens with two attached hydrogens (primary N) is 1. The molecule has 5 heteroatoms. The van der Waals surface area contributed by atoms with Gasteiger partial charge in [0.25, 0.3) is 0 Å². The quantitative estimate of drug-likeness (QED) is 0.870. The Hall–Kier alpha value is -1.10. The van der Waals surface area contributed by atoms with Gasteiger partial charge in [-0.2, -0.15) is 0 Å². The number of pyridine rings is 1. The molecule has 3 nitrogen and oxygen atoms in total. The Balaban J connectivity index is 2.29. The fraction of sp³-hybridized carbons (Fsp3) is 0.312. The highest BCUT2D eigenvalue weighted by Gasteiger charge is 2.16. The minimum Gasteiger partial charge on any atom is -0.496 e. The van der Waals surface area contributed by atoms with Gasteiger partial charge in [0.1, 0.15) is 5.75 Å². The Bertz CT molecular complexity index is 661. The normalized spacial score (nSPS) is 12.3. The summed E-state index contributed by atoms with van der Waals surface area (Å²) >= 11 is 9.66. The molecular weight excluding hydrogens is 352 g/mol. The number of methoxy groups -OCH3 is 1. The molecule has 1 unspecified atom stereocenters. The molecule has 1 heterocycles. The topological polar surface area (TPSA) is 48.1 Å². The van der Waals surface area contributed by atoms with Crippen LogP contribution in [-0.2, 0) is 6.42 Å². The van der Waals surface area contributed by atoms with E-state index in [1.165, 1.54) is 0 Å². The van der Waals surface area contributed by atoms with E-state index >= 15 is 0 Å². The molecular formula is C16H18BrClN2O. The van der Waals surface area contributed by atoms with Gasteiger partial charge in [0.2, 0.25) is 0 Å². The second kappa shape index (κ2) is 6.77. The first-order chi connectivity index (χ1) is 9.93. The first-order valence-corrected chi connectivity index (χ1v) is 7.80. The molecule has 0 saturated heterocycles. The number of halogens is 2. The minimum absolute atomic E-state index is 0.204. The summed E-state index contributed by atoms with van der Waals surface area (Å²) in [5, 5.41) is 0.661. The molecule has 0 aliphatic carbocycles. The van der Waals surface area contributed by atoms with Gasteiger partial charge < -0.3 is 10.5 Å². The zero-order valence-electron chi connectivity index (χ0n) is 12.3. The number of nitrogens with zero attached hydrogens (tertiary/aromatic N) is 1. The van der Waals surface area contributed by atoms with E-state index in [0.29, 0.717) is 11.4 Å². The molecule has 1 atom stereocenters. The minimum atomic E-state index is -0.204. The lowest BCUT2D eigenvalue weighted by atomic mass is 9.99. The van der Waals surface area contributed by atoms with Gasteiger partial charge in [0.05, 0.1) is 7.11 Å². The zero-order chi connectivity index (χ0) is 15.6. The number of hydrogen-bond donors (Lipinski definition) is 1. The third-order valence-corrected chi connectivity index (χ3v) is 4.35. The van der Waals surface area contributed by atoms with Crippen LogP contribution in [0, 0.1) is 13.8 Å². The van der Waals surface area contributed by atoms with Crippen molar-refractivity contribution in [3.63, 3.8) is 0 Å². The number of hydrogen-bond acceptors (Lipinski definition) is 3. The summed E-state index contributed by atoms with van der Waals surface area (Å²) in [6.07, 6.45) is 2.43. The van der Waals surface area contributed by atoms with E-state index in [2.05, 4.69) is 20.9 Å². The second-order valence-corrected chi connectivity index (χ2v) is 6.35. The Kier molecular flexibility index (Phi) is 5.25. The van der Waals surface area contributed by atoms with Gasteiger partial charge >= 0.3 is 0 Å². The van der Waals surface area contributed by atoms with E-state index < -0.39 is 0 Å². The Morgan fingerprint density at radius 1 is 1.38 bits per heavy atom. The van der Waals surface area contributed by atoms with Crippen LogP contribution in [0.25, 0.3) is 0 Å². The summed E-state index contributed by atoms with van der Waals surface area (Å²) in [4.78, 5) is 4.49. The molecule has 1 aromatic carbocycles. The van der Waals surface area contributed by atoms with Gasteiger partial charge in [-0.15, -0.1) is 0 Å². The van der Waals surface area contributed by atoms with Crippen LogP contribution in [0.5, 0.6) is 5.75 Å². The highest BCUT2D eigenvalue weighted by Crippen LogP contribution is 2.30. The number of rotatable bonds is 4. The maximum absolute atomic E-state index is 6.30. The highest BCUT2D eigenvalue weighted by molar-refractivity contribution is 9.10. The monoisotopic (exact) mass is 368 g/mol. The molecule has 0 aliphatic rings. The van der Waals surface area contributed by atoms with Crippen molar-refractivity contribution in [3.05, 3.63) is 56.3 Å². The van der Waals surface area contributed by atoms with Crippen LogP contribution >= 0.6 is 27.5 Å². The van der Waals surface area contributed by atoms with Crippen LogP contribution in [0.1, 0.15) is 28.4 Å². The molecule has 2 aromatic rings. The Labute approximate surface area is 138 Å². The molecule has 21 heavy (non-hydrogen) atoms. The third-order valence-electron chi connectivity index (χ3n) is 3.53. The van der Waals surface area contributed by atoms with E-state index in [9.17, 15) is 0 Å². The van der Waals surface area contributed by atoms with Crippen LogP contribution in [-0.4, -0.2) is 12.1 Å². The standard InChI is InChI=1S/C16H18BrClN2O/c1-9-8-20-15(10(2)16(9)21-3)7-14(19)12-5-4-11(17)6-13(12)18/h4-6,8,14H,7,19H2,1-3H3. The summed E-state index contributed by atoms with van der Waals surface area (Å²) in [6.45, 7) is 3.98. The maximum atomic E-state index is 6.30. The molecule has 0 spiro atoms. The average molecular weight is 370 g/mol. The van der Waals surface area contributed by atoms with Crippen LogP contribution < -0.4 is 10.5 Å². The Morgan fingerprint density at radius 2 is 2.10 bits per heavy atom. The second-order valence-electron chi connectivity index (χ2n) is 5.02. The van der Waals surface area contributed by atoms with Crippen LogP contribution in [0.2, 0.25) is 5.02 Å². The predicted octanol–water partition coefficient (Wildman–Crippen LogP) is 4.37. The van der Waals surface area contributed by atoms with Gasteiger partial charge in [0, 0.05) is 45.0 Å². The molecule has 0 aliphatic heterocycles. The van der Waals surface area contributed by atoms with Gasteiger partial charge in [-0.05, 0) is 31.5 Å². The lowest BCUT2D eigenvalue weighted by molar-refractivity contribution is 0.406. The maximum Gasteiger partial charge on any atom is 0.128 e. The van der Waals surface area contributed by atoms with Gasteiger partial charge in [-0.3, -0.25) is 4.98 Å². The molecule has 2 N–H and O–H groups in total. The summed E-state index contributed by atoms with van der Waals surface area (Å²) in [6, 6.07) is 5.53. The largest absolute Gasteiger partial charge is 0.496 e. The first-order valence-electron chi connectivity index (χ1n) is 6.63. The van der Waals surface area contributed by atoms with Crippen molar-refractivity contribution in [2.75, 3.05) is 7.11 Å². The summed E-state index contributed by atoms with van der Waals surface area (Å²) in [7, 11) is 1.67. The van der Waals surface area contributed by atoms with Crippen LogP contribution in [0.3, 0.4) is 0 Å². The zero-order valence-corrected chi connectivity index (χ0v) is 14.6. The number of benzene rings is 1. The number of ether oxygens (including phenoxy) is 1. The van der Waals surface area contributed by atoms with E-state index in [1.54, 1.807) is 7.11 Å². The van der Waals surface area contributed by atoms with Crippen molar-refractivity contribution >= 4 is 27.5 Å². The molecule has 0 bridgehead atoms. The van der Waals surface area contributed by atoms with Crippen molar-refractivity contribution in [3.8, 4) is 5.75 Å². The van der Waals surface area contributed by atoms with Gasteiger partial charge in [0.15, 0.2) is 0 Å². The van der Waals surface area contributed by atoms with E-state index in [-0.39, 0.29) is 6.04 Å². The fourth-order valence-electron chi connectivity index (χ4n) is 2.40. The van der Waals surface area contributed by atoms with Crippen LogP contribution in [0.4, 0.5) is 0 Å². The lowest BCUT2D eigenvalue weighted by Crippen LogP contribution is -2.16. The van der Waals surface area contributed by atoms with Crippen molar-refractivity contribution < 1.29 is 4.74 Å². The smallest absolute Gasteiger partial charge is 0.128 e. The van der Waals surface area contributed by atoms with Crippen molar-refractivity contribution in [2.24, 2.45) is 5.73 Å². The summed E-state index contributed by atoms with van der Waals surface area (Å²) < 4.78 is 6.37. The summed E-state index contributed by atoms with van der Waals surface area (Å²) in [5.74, 6) is 0.870. The molecule has 1 aromatic heterocycles. The molecule has 112 valence electrons. The van der Waals surface area contributed by atoms with E-state index in [0.717, 1.165) is 32.6 Å². The number of aromatic nitrogens is 1. The molecule has 0 radical (unpaired) electrons. The van der Waals surface area contributed by atoms with Crippen molar-refractivity contribution in [2.45, 2.75) is 26.3 Å². The molecule has 0 fully saturated rings. The summed E-state index contributed by atoms with van der Waals surface area (Å²) in [5.41, 5.74) is 10.2. The fourth-order valence-corrected chi connectivity index (χ4v) is 3.21. The Morgan fingerprint density at radius 3 is 2.71 bits per heavy atom. The van der Waals surface area contributed by atoms with Crippen molar-refractivity contribution in [1.29, 1.82) is 0 Å². The van der Waals surface area contributed by atoms with E-state index in [4.69, 9.17) is 22.1 Å². The van der Waals surface area contributed by atoms with Crippen LogP contribution in [0.15, 0.2) is 28.9 Å². The lowest BCUT2D eigenvalue weighted by Gasteiger charge is -2.17. The van der Waals surface area contributed by atoms with Gasteiger partial charge in [-0.25, -0.2) is 0 Å². The number of aryl methyl sites for hydroxylation is 1.